The van der Waals surface area contributed by atoms with Crippen LogP contribution in [0, 0.1) is 54.6 Å². The van der Waals surface area contributed by atoms with E-state index in [2.05, 4.69) is 83.7 Å². The van der Waals surface area contributed by atoms with Crippen molar-refractivity contribution >= 4 is 0 Å². The van der Waals surface area contributed by atoms with Crippen molar-refractivity contribution in [2.24, 2.45) is 21.7 Å². The zero-order chi connectivity index (χ0) is 37.8. The zero-order valence-electron chi connectivity index (χ0n) is 31.4. The topological polar surface area (TPSA) is 168 Å². The summed E-state index contributed by atoms with van der Waals surface area (Å²) in [6.45, 7) is 21.9. The highest BCUT2D eigenvalue weighted by Gasteiger charge is 2.85. The molecule has 0 radical (unpaired) electrons. The number of likely N-dealkylation sites (tertiary alicyclic amines) is 2. The molecule has 0 aromatic heterocycles. The molecule has 2 saturated carbocycles. The van der Waals surface area contributed by atoms with E-state index < -0.39 is 10.2 Å². The average Bonchev–Trinajstić information content (AvgIpc) is 3.31. The second kappa shape index (κ2) is 14.4. The number of nitrogens with zero attached hydrogens (tertiary/aromatic N) is 6. The molecule has 286 valence electrons. The number of rotatable bonds is 8. The van der Waals surface area contributed by atoms with E-state index in [0.717, 1.165) is 103 Å². The Kier molecular flexibility index (Phi) is 10.5. The number of halogens is 1. The number of ether oxygens (including phenoxy) is 2. The molecule has 8 rings (SSSR count). The molecular weight excluding hydrogens is 696 g/mol. The summed E-state index contributed by atoms with van der Waals surface area (Å²) >= 11 is 0. The molecule has 4 bridgehead atoms. The predicted molar refractivity (Wildman–Crippen MR) is 187 cm³/mol. The lowest BCUT2D eigenvalue weighted by Crippen LogP contribution is -2.75. The Hall–Kier alpha value is -2.69. The summed E-state index contributed by atoms with van der Waals surface area (Å²) in [7, 11) is -4.69. The lowest BCUT2D eigenvalue weighted by Gasteiger charge is -2.69. The highest BCUT2D eigenvalue weighted by Crippen LogP contribution is 2.80. The second-order valence-corrected chi connectivity index (χ2v) is 17.8. The van der Waals surface area contributed by atoms with Crippen molar-refractivity contribution in [2.45, 2.75) is 77.8 Å². The van der Waals surface area contributed by atoms with Crippen LogP contribution >= 0.6 is 0 Å². The maximum Gasteiger partial charge on any atom is 0.0991 e. The number of nitriles is 2. The van der Waals surface area contributed by atoms with Gasteiger partial charge in [0.1, 0.15) is 0 Å². The number of hydrogen-bond acceptors (Lipinski definition) is 12. The molecule has 4 aliphatic heterocycles. The van der Waals surface area contributed by atoms with E-state index in [-0.39, 0.29) is 21.7 Å². The average molecular weight is 749 g/mol. The van der Waals surface area contributed by atoms with Gasteiger partial charge in [-0.1, -0.05) is 52.0 Å². The van der Waals surface area contributed by atoms with Crippen molar-refractivity contribution in [2.75, 3.05) is 65.7 Å². The Labute approximate surface area is 315 Å². The van der Waals surface area contributed by atoms with E-state index >= 15 is 0 Å². The molecule has 0 spiro atoms. The minimum Gasteiger partial charge on any atom is -0.379 e. The Bertz CT molecular complexity index is 1570. The molecule has 0 unspecified atom stereocenters. The van der Waals surface area contributed by atoms with E-state index in [4.69, 9.17) is 28.1 Å². The number of morpholine rings is 2. The van der Waals surface area contributed by atoms with Gasteiger partial charge in [-0.25, -0.2) is 0 Å². The van der Waals surface area contributed by atoms with Crippen LogP contribution in [0.4, 0.5) is 0 Å². The van der Waals surface area contributed by atoms with Crippen molar-refractivity contribution < 1.29 is 38.4 Å². The summed E-state index contributed by atoms with van der Waals surface area (Å²) in [6, 6.07) is 23.1. The summed E-state index contributed by atoms with van der Waals surface area (Å²) in [6.07, 6.45) is 2.32. The fourth-order valence-corrected chi connectivity index (χ4v) is 12.3. The van der Waals surface area contributed by atoms with Crippen LogP contribution in [0.5, 0.6) is 0 Å². The quantitative estimate of drug-likeness (QED) is 0.400. The molecule has 2 aromatic rings. The van der Waals surface area contributed by atoms with Crippen LogP contribution in [0.2, 0.25) is 0 Å². The van der Waals surface area contributed by atoms with Gasteiger partial charge in [0.05, 0.1) is 64.6 Å². The maximum absolute atomic E-state index is 9.51. The van der Waals surface area contributed by atoms with E-state index in [1.54, 1.807) is 0 Å². The lowest BCUT2D eigenvalue weighted by atomic mass is 9.35. The van der Waals surface area contributed by atoms with Gasteiger partial charge in [-0.15, -0.1) is 0 Å². The van der Waals surface area contributed by atoms with E-state index in [1.165, 1.54) is 11.1 Å². The Morgan fingerprint density at radius 3 is 1.26 bits per heavy atom. The van der Waals surface area contributed by atoms with Crippen LogP contribution < -0.4 is 14.0 Å². The molecular formula is C40H53ClN6O6. The van der Waals surface area contributed by atoms with Crippen LogP contribution in [0.25, 0.3) is 0 Å². The maximum atomic E-state index is 9.51. The molecule has 12 nitrogen and oxygen atoms in total. The summed E-state index contributed by atoms with van der Waals surface area (Å²) < 4.78 is 44.6. The standard InChI is InChI=1S/C40H52N6O2.ClHO4/c1-37(2)33-21-36-40(28-44-15-19-48-20-16-44)38(3,4)34(46(36)26-32-11-7-30(24-42)8-12-32)22-35(39(37,40)27-43-13-17-47-18-14-43)45(33)25-31-9-5-29(23-41)6-10-31;2-1(3,4)5/h5-12,33-36H,13-22,25-28H2,1-4H3;(H,2,3,4,5)/t33-,34-,35+,36+,39-,40+;/m1./s1. The zero-order valence-corrected chi connectivity index (χ0v) is 32.1. The van der Waals surface area contributed by atoms with Gasteiger partial charge in [0.25, 0.3) is 0 Å². The molecule has 2 aromatic carbocycles. The minimum absolute atomic E-state index is 0.0508. The van der Waals surface area contributed by atoms with Crippen molar-refractivity contribution in [1.29, 1.82) is 10.5 Å². The summed E-state index contributed by atoms with van der Waals surface area (Å²) in [5.74, 6) is 0. The van der Waals surface area contributed by atoms with Gasteiger partial charge in [0, 0.05) is 87.4 Å². The van der Waals surface area contributed by atoms with Gasteiger partial charge in [-0.3, -0.25) is 19.6 Å². The third kappa shape index (κ3) is 6.50. The van der Waals surface area contributed by atoms with Gasteiger partial charge in [0.15, 0.2) is 0 Å². The molecule has 53 heavy (non-hydrogen) atoms. The predicted octanol–water partition coefficient (Wildman–Crippen LogP) is 0.609. The molecule has 4 saturated heterocycles. The lowest BCUT2D eigenvalue weighted by molar-refractivity contribution is -1.92. The second-order valence-electron chi connectivity index (χ2n) is 17.1. The monoisotopic (exact) mass is 748 g/mol. The van der Waals surface area contributed by atoms with E-state index in [0.29, 0.717) is 24.2 Å². The van der Waals surface area contributed by atoms with Crippen molar-refractivity contribution in [3.05, 3.63) is 70.8 Å². The van der Waals surface area contributed by atoms with Crippen LogP contribution in [-0.4, -0.2) is 114 Å². The van der Waals surface area contributed by atoms with Gasteiger partial charge < -0.3 is 9.47 Å². The Balaban J connectivity index is 0.000000817. The molecule has 4 heterocycles. The molecule has 0 amide bonds. The molecule has 2 aliphatic carbocycles. The summed E-state index contributed by atoms with van der Waals surface area (Å²) in [5.41, 5.74) is 4.34. The normalized spacial score (nSPS) is 33.5. The van der Waals surface area contributed by atoms with Crippen LogP contribution in [0.15, 0.2) is 48.5 Å². The molecule has 6 aliphatic rings. The summed E-state index contributed by atoms with van der Waals surface area (Å²) in [4.78, 5) is 11.4. The Morgan fingerprint density at radius 2 is 0.962 bits per heavy atom. The smallest absolute Gasteiger partial charge is 0.0991 e. The van der Waals surface area contributed by atoms with E-state index in [9.17, 15) is 10.5 Å². The fraction of sp³-hybridized carbons (Fsp3) is 0.650. The van der Waals surface area contributed by atoms with Crippen molar-refractivity contribution in [3.63, 3.8) is 0 Å². The first-order chi connectivity index (χ1) is 25.2. The SMILES string of the molecule is CC1(C)[C@H]2C[C@@H]3N(Cc4ccc(C#N)cc4)[C@@H]4C[C@H](N2Cc2ccc(C#N)cc2)[C@]1(CN1CCOCC1)[C@@]3(CN1CCOCC1)C4(C)C.[O-][Cl+3]([O-])([O-])O. The third-order valence-electron chi connectivity index (χ3n) is 14.4. The highest BCUT2D eigenvalue weighted by molar-refractivity contribution is 5.39. The van der Waals surface area contributed by atoms with Crippen LogP contribution in [0.1, 0.15) is 62.8 Å². The van der Waals surface area contributed by atoms with E-state index in [1.807, 2.05) is 24.3 Å². The molecule has 13 heteroatoms. The number of fused-ring (bicyclic) bond motifs is 2. The Morgan fingerprint density at radius 1 is 0.642 bits per heavy atom. The van der Waals surface area contributed by atoms with Crippen molar-refractivity contribution in [3.8, 4) is 12.1 Å². The third-order valence-corrected chi connectivity index (χ3v) is 14.4. The molecule has 6 fully saturated rings. The first-order valence-corrected chi connectivity index (χ1v) is 20.2. The summed E-state index contributed by atoms with van der Waals surface area (Å²) in [5, 5.41) is 19.0. The van der Waals surface area contributed by atoms with Crippen LogP contribution in [-0.2, 0) is 22.6 Å². The van der Waals surface area contributed by atoms with Crippen molar-refractivity contribution in [1.82, 2.24) is 19.6 Å². The number of benzene rings is 2. The van der Waals surface area contributed by atoms with Gasteiger partial charge in [0.2, 0.25) is 0 Å². The fourth-order valence-electron chi connectivity index (χ4n) is 12.3. The largest absolute Gasteiger partial charge is 0.379 e. The van der Waals surface area contributed by atoms with Gasteiger partial charge in [-0.2, -0.15) is 24.5 Å². The first-order valence-electron chi connectivity index (χ1n) is 18.9. The number of hydrogen-bond donors (Lipinski definition) is 1. The molecule has 6 atom stereocenters. The first kappa shape index (κ1) is 38.6. The highest BCUT2D eigenvalue weighted by atomic mass is 35.7. The molecule has 1 N–H and O–H groups in total. The minimum atomic E-state index is -4.69. The van der Waals surface area contributed by atoms with Gasteiger partial charge in [-0.05, 0) is 59.1 Å². The van der Waals surface area contributed by atoms with Crippen LogP contribution in [0.3, 0.4) is 0 Å². The van der Waals surface area contributed by atoms with Gasteiger partial charge >= 0.3 is 0 Å².